The molecule has 0 aliphatic heterocycles. The molecular weight excluding hydrogens is 164 g/mol. The van der Waals surface area contributed by atoms with E-state index in [0.29, 0.717) is 0 Å². The molecule has 0 unspecified atom stereocenters. The summed E-state index contributed by atoms with van der Waals surface area (Å²) in [6, 6.07) is 0. The number of imidazole rings is 1. The van der Waals surface area contributed by atoms with E-state index in [1.807, 2.05) is 0 Å². The Labute approximate surface area is 59.6 Å². The molecule has 1 aromatic heterocycles. The van der Waals surface area contributed by atoms with Gasteiger partial charge >= 0.3 is 12.2 Å². The molecule has 0 saturated carbocycles. The Morgan fingerprint density at radius 2 is 1.64 bits per heavy atom. The van der Waals surface area contributed by atoms with Crippen molar-refractivity contribution in [1.82, 2.24) is 9.97 Å². The Kier molecular flexibility index (Phi) is 4.80. The van der Waals surface area contributed by atoms with E-state index in [2.05, 4.69) is 9.97 Å². The van der Waals surface area contributed by atoms with Crippen LogP contribution in [-0.2, 0) is 0 Å². The van der Waals surface area contributed by atoms with Crippen LogP contribution in [0.15, 0.2) is 30.9 Å². The summed E-state index contributed by atoms with van der Waals surface area (Å²) in [5.74, 6) is 0. The average molecular weight is 168 g/mol. The van der Waals surface area contributed by atoms with Gasteiger partial charge in [0.1, 0.15) is 0 Å². The zero-order valence-corrected chi connectivity index (χ0v) is 5.19. The monoisotopic (exact) mass is 168 g/mol. The number of H-pyrrole nitrogens is 1. The summed E-state index contributed by atoms with van der Waals surface area (Å²) < 4.78 is 41.1. The van der Waals surface area contributed by atoms with Crippen molar-refractivity contribution >= 4 is 0 Å². The summed E-state index contributed by atoms with van der Waals surface area (Å²) in [6.45, 7) is 0. The second-order valence-corrected chi connectivity index (χ2v) is 1.28. The lowest BCUT2D eigenvalue weighted by Crippen LogP contribution is -1.56. The largest absolute Gasteiger partial charge is 0.351 e. The summed E-state index contributed by atoms with van der Waals surface area (Å²) in [5, 5.41) is 0. The minimum atomic E-state index is -2.91. The lowest BCUT2D eigenvalue weighted by molar-refractivity contribution is 0.308. The highest BCUT2D eigenvalue weighted by Gasteiger charge is 1.98. The molecular formula is C5H4F4N2. The SMILES string of the molecule is FC(F)=C(F)F.c1c[nH]cn1. The van der Waals surface area contributed by atoms with Crippen molar-refractivity contribution in [3.63, 3.8) is 0 Å². The van der Waals surface area contributed by atoms with Crippen molar-refractivity contribution < 1.29 is 17.6 Å². The van der Waals surface area contributed by atoms with Crippen LogP contribution >= 0.6 is 0 Å². The molecule has 0 atom stereocenters. The molecule has 0 aliphatic rings. The van der Waals surface area contributed by atoms with E-state index in [9.17, 15) is 17.6 Å². The van der Waals surface area contributed by atoms with Crippen LogP contribution in [0, 0.1) is 0 Å². The molecule has 1 heterocycles. The maximum atomic E-state index is 10.3. The fourth-order valence-corrected chi connectivity index (χ4v) is 0.215. The number of nitrogens with zero attached hydrogens (tertiary/aromatic N) is 1. The van der Waals surface area contributed by atoms with Gasteiger partial charge in [0.05, 0.1) is 6.33 Å². The first-order chi connectivity index (χ1) is 5.14. The van der Waals surface area contributed by atoms with Gasteiger partial charge in [0, 0.05) is 12.4 Å². The summed E-state index contributed by atoms with van der Waals surface area (Å²) in [7, 11) is 0. The molecule has 0 radical (unpaired) electrons. The standard InChI is InChI=1S/C3H4N2.C2F4/c1-2-5-3-4-1;3-1(4)2(5)6/h1-3H,(H,4,5);. The van der Waals surface area contributed by atoms with Crippen molar-refractivity contribution in [2.45, 2.75) is 0 Å². The van der Waals surface area contributed by atoms with Crippen molar-refractivity contribution in [3.8, 4) is 0 Å². The van der Waals surface area contributed by atoms with Crippen molar-refractivity contribution in [3.05, 3.63) is 30.9 Å². The minimum Gasteiger partial charge on any atom is -0.351 e. The number of aromatic nitrogens is 2. The Hall–Kier alpha value is -1.33. The van der Waals surface area contributed by atoms with E-state index in [4.69, 9.17) is 0 Å². The fraction of sp³-hybridized carbons (Fsp3) is 0. The van der Waals surface area contributed by atoms with Crippen LogP contribution in [0.5, 0.6) is 0 Å². The van der Waals surface area contributed by atoms with E-state index < -0.39 is 12.2 Å². The molecule has 1 rings (SSSR count). The van der Waals surface area contributed by atoms with Gasteiger partial charge in [0.2, 0.25) is 0 Å². The number of rotatable bonds is 0. The highest BCUT2D eigenvalue weighted by atomic mass is 19.3. The Morgan fingerprint density at radius 3 is 1.73 bits per heavy atom. The van der Waals surface area contributed by atoms with Crippen LogP contribution in [0.25, 0.3) is 0 Å². The lowest BCUT2D eigenvalue weighted by Gasteiger charge is -1.69. The molecule has 1 aromatic rings. The maximum absolute atomic E-state index is 10.3. The van der Waals surface area contributed by atoms with Gasteiger partial charge in [-0.25, -0.2) is 4.98 Å². The molecule has 0 bridgehead atoms. The van der Waals surface area contributed by atoms with Gasteiger partial charge in [0.25, 0.3) is 0 Å². The van der Waals surface area contributed by atoms with E-state index in [-0.39, 0.29) is 0 Å². The highest BCUT2D eigenvalue weighted by molar-refractivity contribution is 4.77. The lowest BCUT2D eigenvalue weighted by atomic mass is 11.0. The van der Waals surface area contributed by atoms with E-state index in [1.165, 1.54) is 0 Å². The predicted octanol–water partition coefficient (Wildman–Crippen LogP) is 2.40. The maximum Gasteiger partial charge on any atom is 0.334 e. The second kappa shape index (κ2) is 5.45. The van der Waals surface area contributed by atoms with Crippen LogP contribution in [-0.4, -0.2) is 9.97 Å². The first-order valence-electron chi connectivity index (χ1n) is 2.43. The van der Waals surface area contributed by atoms with Crippen LogP contribution in [0.3, 0.4) is 0 Å². The predicted molar refractivity (Wildman–Crippen MR) is 30.0 cm³/mol. The number of hydrogen-bond donors (Lipinski definition) is 1. The highest BCUT2D eigenvalue weighted by Crippen LogP contribution is 2.08. The minimum absolute atomic E-state index is 1.62. The number of hydrogen-bond acceptors (Lipinski definition) is 1. The van der Waals surface area contributed by atoms with Crippen LogP contribution in [0.4, 0.5) is 17.6 Å². The molecule has 1 N–H and O–H groups in total. The molecule has 0 fully saturated rings. The third kappa shape index (κ3) is 6.56. The topological polar surface area (TPSA) is 28.7 Å². The average Bonchev–Trinajstić information content (AvgIpc) is 2.41. The third-order valence-electron chi connectivity index (χ3n) is 0.549. The molecule has 0 spiro atoms. The van der Waals surface area contributed by atoms with Gasteiger partial charge in [-0.05, 0) is 0 Å². The first kappa shape index (κ1) is 9.67. The van der Waals surface area contributed by atoms with E-state index >= 15 is 0 Å². The van der Waals surface area contributed by atoms with Gasteiger partial charge < -0.3 is 4.98 Å². The van der Waals surface area contributed by atoms with Crippen molar-refractivity contribution in [2.24, 2.45) is 0 Å². The van der Waals surface area contributed by atoms with Crippen LogP contribution in [0.2, 0.25) is 0 Å². The number of nitrogens with one attached hydrogen (secondary N) is 1. The zero-order valence-electron chi connectivity index (χ0n) is 5.19. The normalized spacial score (nSPS) is 8.00. The van der Waals surface area contributed by atoms with Crippen molar-refractivity contribution in [1.29, 1.82) is 0 Å². The van der Waals surface area contributed by atoms with Crippen molar-refractivity contribution in [2.75, 3.05) is 0 Å². The molecule has 6 heteroatoms. The molecule has 11 heavy (non-hydrogen) atoms. The molecule has 0 amide bonds. The van der Waals surface area contributed by atoms with Crippen LogP contribution in [0.1, 0.15) is 0 Å². The molecule has 0 aliphatic carbocycles. The Balaban J connectivity index is 0.000000183. The smallest absolute Gasteiger partial charge is 0.334 e. The summed E-state index contributed by atoms with van der Waals surface area (Å²) in [6.07, 6.45) is -0.731. The molecule has 0 saturated heterocycles. The first-order valence-corrected chi connectivity index (χ1v) is 2.43. The van der Waals surface area contributed by atoms with Gasteiger partial charge in [-0.2, -0.15) is 17.6 Å². The van der Waals surface area contributed by atoms with E-state index in [1.54, 1.807) is 18.7 Å². The summed E-state index contributed by atoms with van der Waals surface area (Å²) in [5.41, 5.74) is 0. The Morgan fingerprint density at radius 1 is 1.09 bits per heavy atom. The second-order valence-electron chi connectivity index (χ2n) is 1.28. The summed E-state index contributed by atoms with van der Waals surface area (Å²) >= 11 is 0. The number of aromatic amines is 1. The number of halogens is 4. The quantitative estimate of drug-likeness (QED) is 0.592. The summed E-state index contributed by atoms with van der Waals surface area (Å²) in [4.78, 5) is 6.42. The van der Waals surface area contributed by atoms with Gasteiger partial charge in [-0.3, -0.25) is 0 Å². The van der Waals surface area contributed by atoms with Crippen LogP contribution < -0.4 is 0 Å². The molecule has 62 valence electrons. The third-order valence-corrected chi connectivity index (χ3v) is 0.549. The Bertz CT molecular complexity index is 171. The fourth-order valence-electron chi connectivity index (χ4n) is 0.215. The van der Waals surface area contributed by atoms with Gasteiger partial charge in [0.15, 0.2) is 0 Å². The zero-order chi connectivity index (χ0) is 8.69. The van der Waals surface area contributed by atoms with Gasteiger partial charge in [-0.1, -0.05) is 0 Å². The molecule has 2 nitrogen and oxygen atoms in total. The van der Waals surface area contributed by atoms with Gasteiger partial charge in [-0.15, -0.1) is 0 Å². The van der Waals surface area contributed by atoms with E-state index in [0.717, 1.165) is 0 Å². The molecule has 0 aromatic carbocycles.